The Kier molecular flexibility index (Phi) is 4.94. The Morgan fingerprint density at radius 1 is 1.15 bits per heavy atom. The number of hydrogen-bond donors (Lipinski definition) is 2. The van der Waals surface area contributed by atoms with Gasteiger partial charge in [-0.05, 0) is 43.2 Å². The van der Waals surface area contributed by atoms with Crippen molar-refractivity contribution in [1.29, 1.82) is 0 Å². The van der Waals surface area contributed by atoms with Crippen LogP contribution in [0.3, 0.4) is 0 Å². The maximum Gasteiger partial charge on any atom is 0.270 e. The molecule has 0 aliphatic carbocycles. The number of rotatable bonds is 4. The maximum atomic E-state index is 13.7. The van der Waals surface area contributed by atoms with Gasteiger partial charge in [0.1, 0.15) is 28.7 Å². The molecule has 1 aliphatic rings. The van der Waals surface area contributed by atoms with Crippen LogP contribution < -0.4 is 5.32 Å². The van der Waals surface area contributed by atoms with Crippen LogP contribution in [0.2, 0.25) is 0 Å². The van der Waals surface area contributed by atoms with E-state index in [0.717, 1.165) is 30.3 Å². The second-order valence-electron chi connectivity index (χ2n) is 8.49. The average Bonchev–Trinajstić information content (AvgIpc) is 3.48. The molecule has 0 radical (unpaired) electrons. The standard InChI is InChI=1S/C25H22FN7O/c26-17-7-8-23-28-13-21(33(23)14-17)24-27-10-9-22(31-24)29-18-5-3-11-32(15-18)25(34)20-12-16-4-1-2-6-19(16)30-20/h1-2,4,6-10,12-14,18,30H,3,5,11,15H2,(H,27,29,31)/t18-/m1/s1. The Labute approximate surface area is 194 Å². The molecule has 8 nitrogen and oxygen atoms in total. The Hall–Kier alpha value is -4.27. The molecule has 6 rings (SSSR count). The summed E-state index contributed by atoms with van der Waals surface area (Å²) in [4.78, 5) is 31.5. The zero-order valence-electron chi connectivity index (χ0n) is 18.3. The topological polar surface area (TPSA) is 91.2 Å². The van der Waals surface area contributed by atoms with Gasteiger partial charge in [-0.3, -0.25) is 9.20 Å². The summed E-state index contributed by atoms with van der Waals surface area (Å²) < 4.78 is 15.4. The first-order chi connectivity index (χ1) is 16.6. The fraction of sp³-hybridized carbons (Fsp3) is 0.200. The fourth-order valence-corrected chi connectivity index (χ4v) is 4.53. The van der Waals surface area contributed by atoms with Crippen LogP contribution in [0.15, 0.2) is 67.1 Å². The molecule has 2 N–H and O–H groups in total. The number of aromatic nitrogens is 5. The van der Waals surface area contributed by atoms with E-state index in [1.165, 1.54) is 12.3 Å². The Morgan fingerprint density at radius 2 is 2.06 bits per heavy atom. The van der Waals surface area contributed by atoms with Crippen molar-refractivity contribution in [2.24, 2.45) is 0 Å². The maximum absolute atomic E-state index is 13.7. The predicted molar refractivity (Wildman–Crippen MR) is 127 cm³/mol. The number of para-hydroxylation sites is 1. The minimum atomic E-state index is -0.358. The van der Waals surface area contributed by atoms with Crippen LogP contribution in [0.4, 0.5) is 10.2 Å². The Balaban J connectivity index is 1.20. The molecule has 0 spiro atoms. The van der Waals surface area contributed by atoms with Crippen LogP contribution in [0.25, 0.3) is 28.1 Å². The Bertz CT molecular complexity index is 1470. The van der Waals surface area contributed by atoms with Crippen LogP contribution in [0.5, 0.6) is 0 Å². The number of fused-ring (bicyclic) bond motifs is 2. The summed E-state index contributed by atoms with van der Waals surface area (Å²) in [6, 6.07) is 14.6. The van der Waals surface area contributed by atoms with Gasteiger partial charge in [0, 0.05) is 42.4 Å². The number of amides is 1. The molecule has 4 aromatic heterocycles. The highest BCUT2D eigenvalue weighted by Crippen LogP contribution is 2.22. The van der Waals surface area contributed by atoms with Crippen molar-refractivity contribution >= 4 is 28.3 Å². The quantitative estimate of drug-likeness (QED) is 0.425. The smallest absolute Gasteiger partial charge is 0.270 e. The summed E-state index contributed by atoms with van der Waals surface area (Å²) in [5.74, 6) is 0.743. The summed E-state index contributed by atoms with van der Waals surface area (Å²) in [5.41, 5.74) is 2.79. The number of nitrogens with one attached hydrogen (secondary N) is 2. The van der Waals surface area contributed by atoms with Gasteiger partial charge >= 0.3 is 0 Å². The molecule has 9 heteroatoms. The van der Waals surface area contributed by atoms with E-state index in [1.54, 1.807) is 28.9 Å². The lowest BCUT2D eigenvalue weighted by Gasteiger charge is -2.33. The first kappa shape index (κ1) is 20.3. The Morgan fingerprint density at radius 3 is 2.97 bits per heavy atom. The first-order valence-corrected chi connectivity index (χ1v) is 11.2. The number of anilines is 1. The molecule has 0 unspecified atom stereocenters. The predicted octanol–water partition coefficient (Wildman–Crippen LogP) is 4.13. The third-order valence-electron chi connectivity index (χ3n) is 6.18. The van der Waals surface area contributed by atoms with Gasteiger partial charge in [-0.2, -0.15) is 0 Å². The third-order valence-corrected chi connectivity index (χ3v) is 6.18. The molecule has 0 bridgehead atoms. The average molecular weight is 455 g/mol. The SMILES string of the molecule is O=C(c1cc2ccccc2[nH]1)N1CCC[C@@H](Nc2ccnc(-c3cnc4ccc(F)cn34)n2)C1. The van der Waals surface area contributed by atoms with Gasteiger partial charge in [-0.25, -0.2) is 19.3 Å². The van der Waals surface area contributed by atoms with Crippen LogP contribution in [-0.2, 0) is 0 Å². The van der Waals surface area contributed by atoms with Gasteiger partial charge in [0.05, 0.1) is 6.20 Å². The number of nitrogens with zero attached hydrogens (tertiary/aromatic N) is 5. The van der Waals surface area contributed by atoms with Gasteiger partial charge in [0.2, 0.25) is 0 Å². The minimum absolute atomic E-state index is 0.00108. The van der Waals surface area contributed by atoms with Gasteiger partial charge in [-0.15, -0.1) is 0 Å². The highest BCUT2D eigenvalue weighted by atomic mass is 19.1. The molecule has 1 fully saturated rings. The first-order valence-electron chi connectivity index (χ1n) is 11.2. The summed E-state index contributed by atoms with van der Waals surface area (Å²) >= 11 is 0. The molecule has 34 heavy (non-hydrogen) atoms. The summed E-state index contributed by atoms with van der Waals surface area (Å²) in [6.45, 7) is 1.29. The number of H-pyrrole nitrogens is 1. The van der Waals surface area contributed by atoms with E-state index in [0.29, 0.717) is 35.2 Å². The van der Waals surface area contributed by atoms with Gasteiger partial charge in [-0.1, -0.05) is 18.2 Å². The van der Waals surface area contributed by atoms with E-state index < -0.39 is 0 Å². The van der Waals surface area contributed by atoms with E-state index in [1.807, 2.05) is 35.2 Å². The van der Waals surface area contributed by atoms with Crippen LogP contribution in [0.1, 0.15) is 23.3 Å². The number of likely N-dealkylation sites (tertiary alicyclic amines) is 1. The van der Waals surface area contributed by atoms with Gasteiger partial charge < -0.3 is 15.2 Å². The van der Waals surface area contributed by atoms with Crippen molar-refractivity contribution in [2.45, 2.75) is 18.9 Å². The zero-order valence-corrected chi connectivity index (χ0v) is 18.3. The summed E-state index contributed by atoms with van der Waals surface area (Å²) in [5, 5.41) is 4.47. The van der Waals surface area contributed by atoms with E-state index >= 15 is 0 Å². The number of carbonyl (C=O) groups is 1. The molecule has 0 saturated carbocycles. The summed E-state index contributed by atoms with van der Waals surface area (Å²) in [7, 11) is 0. The highest BCUT2D eigenvalue weighted by molar-refractivity contribution is 5.98. The van der Waals surface area contributed by atoms with Crippen molar-refractivity contribution in [1.82, 2.24) is 29.2 Å². The molecule has 1 saturated heterocycles. The lowest BCUT2D eigenvalue weighted by Crippen LogP contribution is -2.45. The number of halogens is 1. The number of piperidine rings is 1. The second kappa shape index (κ2) is 8.26. The monoisotopic (exact) mass is 455 g/mol. The number of pyridine rings is 1. The van der Waals surface area contributed by atoms with E-state index in [2.05, 4.69) is 25.3 Å². The number of carbonyl (C=O) groups excluding carboxylic acids is 1. The molecule has 1 atom stereocenters. The number of imidazole rings is 1. The third kappa shape index (κ3) is 3.75. The van der Waals surface area contributed by atoms with Crippen LogP contribution >= 0.6 is 0 Å². The van der Waals surface area contributed by atoms with Crippen LogP contribution in [0, 0.1) is 5.82 Å². The molecule has 1 amide bonds. The lowest BCUT2D eigenvalue weighted by molar-refractivity contribution is 0.0709. The molecular weight excluding hydrogens is 433 g/mol. The van der Waals surface area contributed by atoms with Gasteiger partial charge in [0.15, 0.2) is 5.82 Å². The van der Waals surface area contributed by atoms with Crippen molar-refractivity contribution in [3.05, 3.63) is 78.6 Å². The van der Waals surface area contributed by atoms with Crippen molar-refractivity contribution in [2.75, 3.05) is 18.4 Å². The van der Waals surface area contributed by atoms with Crippen molar-refractivity contribution in [3.63, 3.8) is 0 Å². The molecular formula is C25H22FN7O. The molecule has 1 aromatic carbocycles. The number of aromatic amines is 1. The zero-order chi connectivity index (χ0) is 23.1. The number of hydrogen-bond acceptors (Lipinski definition) is 5. The molecule has 5 aromatic rings. The van der Waals surface area contributed by atoms with Crippen LogP contribution in [-0.4, -0.2) is 54.3 Å². The number of benzene rings is 1. The molecule has 1 aliphatic heterocycles. The second-order valence-corrected chi connectivity index (χ2v) is 8.49. The molecule has 170 valence electrons. The van der Waals surface area contributed by atoms with E-state index in [9.17, 15) is 9.18 Å². The van der Waals surface area contributed by atoms with E-state index in [4.69, 9.17) is 0 Å². The minimum Gasteiger partial charge on any atom is -0.365 e. The van der Waals surface area contributed by atoms with Gasteiger partial charge in [0.25, 0.3) is 5.91 Å². The lowest BCUT2D eigenvalue weighted by atomic mass is 10.1. The van der Waals surface area contributed by atoms with Crippen molar-refractivity contribution in [3.8, 4) is 11.5 Å². The fourth-order valence-electron chi connectivity index (χ4n) is 4.53. The summed E-state index contributed by atoms with van der Waals surface area (Å²) in [6.07, 6.45) is 6.50. The molecule has 5 heterocycles. The largest absolute Gasteiger partial charge is 0.365 e. The highest BCUT2D eigenvalue weighted by Gasteiger charge is 2.26. The van der Waals surface area contributed by atoms with Crippen molar-refractivity contribution < 1.29 is 9.18 Å². The normalized spacial score (nSPS) is 16.3. The van der Waals surface area contributed by atoms with E-state index in [-0.39, 0.29) is 17.8 Å².